The SMILES string of the molecule is O=C(O)C[C@H](NC(=O)[C@H](Cc1cc(=O)[nH]c2ccccc12)NC(=O)c1ccc(Cl)cc1)C(=O)O. The molecule has 0 fully saturated rings. The molecule has 176 valence electrons. The van der Waals surface area contributed by atoms with E-state index in [4.69, 9.17) is 16.7 Å². The number of aliphatic carboxylic acids is 2. The molecule has 0 saturated carbocycles. The van der Waals surface area contributed by atoms with E-state index in [-0.39, 0.29) is 12.0 Å². The van der Waals surface area contributed by atoms with Crippen molar-refractivity contribution in [3.8, 4) is 0 Å². The van der Waals surface area contributed by atoms with Gasteiger partial charge in [0.25, 0.3) is 5.91 Å². The van der Waals surface area contributed by atoms with Gasteiger partial charge in [0.05, 0.1) is 6.42 Å². The molecule has 3 aromatic rings. The molecule has 0 aliphatic carbocycles. The van der Waals surface area contributed by atoms with Gasteiger partial charge in [-0.1, -0.05) is 29.8 Å². The van der Waals surface area contributed by atoms with E-state index in [9.17, 15) is 29.1 Å². The summed E-state index contributed by atoms with van der Waals surface area (Å²) in [5.41, 5.74) is 0.716. The maximum Gasteiger partial charge on any atom is 0.326 e. The Kier molecular flexibility index (Phi) is 7.64. The third-order valence-corrected chi connectivity index (χ3v) is 5.23. The summed E-state index contributed by atoms with van der Waals surface area (Å²) in [4.78, 5) is 63.0. The average Bonchev–Trinajstić information content (AvgIpc) is 2.78. The van der Waals surface area contributed by atoms with Crippen LogP contribution in [0.25, 0.3) is 10.9 Å². The highest BCUT2D eigenvalue weighted by molar-refractivity contribution is 6.30. The number of amides is 2. The van der Waals surface area contributed by atoms with Gasteiger partial charge in [0.15, 0.2) is 0 Å². The zero-order valence-corrected chi connectivity index (χ0v) is 18.3. The third kappa shape index (κ3) is 6.20. The minimum absolute atomic E-state index is 0.158. The monoisotopic (exact) mass is 485 g/mol. The van der Waals surface area contributed by atoms with Gasteiger partial charge in [-0.15, -0.1) is 0 Å². The van der Waals surface area contributed by atoms with Crippen molar-refractivity contribution in [1.82, 2.24) is 15.6 Å². The maximum atomic E-state index is 13.0. The molecule has 0 spiro atoms. The third-order valence-electron chi connectivity index (χ3n) is 4.98. The Labute approximate surface area is 197 Å². The van der Waals surface area contributed by atoms with Crippen LogP contribution in [0.2, 0.25) is 5.02 Å². The highest BCUT2D eigenvalue weighted by Crippen LogP contribution is 2.17. The molecule has 2 aromatic carbocycles. The van der Waals surface area contributed by atoms with Crippen molar-refractivity contribution in [2.75, 3.05) is 0 Å². The van der Waals surface area contributed by atoms with Gasteiger partial charge in [0.1, 0.15) is 12.1 Å². The number of hydrogen-bond donors (Lipinski definition) is 5. The number of aromatic nitrogens is 1. The van der Waals surface area contributed by atoms with E-state index in [1.807, 2.05) is 0 Å². The fourth-order valence-corrected chi connectivity index (χ4v) is 3.49. The second-order valence-corrected chi connectivity index (χ2v) is 7.88. The smallest absolute Gasteiger partial charge is 0.326 e. The van der Waals surface area contributed by atoms with Crippen LogP contribution in [-0.4, -0.2) is 51.0 Å². The molecule has 2 atom stereocenters. The van der Waals surface area contributed by atoms with Crippen LogP contribution in [0.1, 0.15) is 22.3 Å². The van der Waals surface area contributed by atoms with Crippen LogP contribution >= 0.6 is 11.6 Å². The van der Waals surface area contributed by atoms with Crippen molar-refractivity contribution in [3.63, 3.8) is 0 Å². The van der Waals surface area contributed by atoms with Crippen molar-refractivity contribution in [3.05, 3.63) is 81.1 Å². The number of carbonyl (C=O) groups excluding carboxylic acids is 2. The molecule has 2 amide bonds. The van der Waals surface area contributed by atoms with E-state index in [0.717, 1.165) is 0 Å². The first kappa shape index (κ1) is 24.5. The second-order valence-electron chi connectivity index (χ2n) is 7.44. The molecule has 0 aliphatic heterocycles. The summed E-state index contributed by atoms with van der Waals surface area (Å²) < 4.78 is 0. The normalized spacial score (nSPS) is 12.5. The first-order valence-corrected chi connectivity index (χ1v) is 10.4. The fraction of sp³-hybridized carbons (Fsp3) is 0.174. The van der Waals surface area contributed by atoms with E-state index < -0.39 is 47.8 Å². The molecule has 34 heavy (non-hydrogen) atoms. The predicted octanol–water partition coefficient (Wildman–Crippen LogP) is 1.57. The van der Waals surface area contributed by atoms with Crippen LogP contribution in [0.3, 0.4) is 0 Å². The second kappa shape index (κ2) is 10.6. The van der Waals surface area contributed by atoms with E-state index in [2.05, 4.69) is 15.6 Å². The predicted molar refractivity (Wildman–Crippen MR) is 123 cm³/mol. The van der Waals surface area contributed by atoms with E-state index in [1.54, 1.807) is 24.3 Å². The zero-order valence-electron chi connectivity index (χ0n) is 17.6. The molecule has 11 heteroatoms. The van der Waals surface area contributed by atoms with Crippen LogP contribution in [0.15, 0.2) is 59.4 Å². The van der Waals surface area contributed by atoms with E-state index in [0.29, 0.717) is 21.5 Å². The highest BCUT2D eigenvalue weighted by atomic mass is 35.5. The Hall–Kier alpha value is -4.18. The Morgan fingerprint density at radius 1 is 0.941 bits per heavy atom. The number of para-hydroxylation sites is 1. The quantitative estimate of drug-likeness (QED) is 0.306. The van der Waals surface area contributed by atoms with Crippen molar-refractivity contribution in [2.24, 2.45) is 0 Å². The van der Waals surface area contributed by atoms with Crippen molar-refractivity contribution in [2.45, 2.75) is 24.9 Å². The Morgan fingerprint density at radius 2 is 1.62 bits per heavy atom. The van der Waals surface area contributed by atoms with Gasteiger partial charge in [-0.2, -0.15) is 0 Å². The van der Waals surface area contributed by atoms with Crippen LogP contribution in [-0.2, 0) is 20.8 Å². The largest absolute Gasteiger partial charge is 0.481 e. The van der Waals surface area contributed by atoms with Crippen LogP contribution < -0.4 is 16.2 Å². The minimum Gasteiger partial charge on any atom is -0.481 e. The Morgan fingerprint density at radius 3 is 2.26 bits per heavy atom. The number of rotatable bonds is 9. The number of carboxylic acids is 2. The van der Waals surface area contributed by atoms with E-state index >= 15 is 0 Å². The van der Waals surface area contributed by atoms with Crippen molar-refractivity contribution < 1.29 is 29.4 Å². The van der Waals surface area contributed by atoms with Crippen molar-refractivity contribution in [1.29, 1.82) is 0 Å². The van der Waals surface area contributed by atoms with Crippen LogP contribution in [0.4, 0.5) is 0 Å². The average molecular weight is 486 g/mol. The highest BCUT2D eigenvalue weighted by Gasteiger charge is 2.29. The molecular formula is C23H20ClN3O7. The molecule has 3 rings (SSSR count). The number of carbonyl (C=O) groups is 4. The lowest BCUT2D eigenvalue weighted by Crippen LogP contribution is -2.53. The number of hydrogen-bond acceptors (Lipinski definition) is 5. The van der Waals surface area contributed by atoms with Gasteiger partial charge in [-0.05, 0) is 35.9 Å². The number of halogens is 1. The first-order valence-electron chi connectivity index (χ1n) is 10.1. The van der Waals surface area contributed by atoms with Crippen LogP contribution in [0, 0.1) is 0 Å². The summed E-state index contributed by atoms with van der Waals surface area (Å²) in [6.07, 6.45) is -1.01. The molecule has 5 N–H and O–H groups in total. The summed E-state index contributed by atoms with van der Waals surface area (Å²) in [7, 11) is 0. The number of H-pyrrole nitrogens is 1. The maximum absolute atomic E-state index is 13.0. The molecule has 10 nitrogen and oxygen atoms in total. The summed E-state index contributed by atoms with van der Waals surface area (Å²) in [6, 6.07) is 11.0. The van der Waals surface area contributed by atoms with Gasteiger partial charge in [-0.25, -0.2) is 4.79 Å². The zero-order chi connectivity index (χ0) is 24.8. The summed E-state index contributed by atoms with van der Waals surface area (Å²) in [5, 5.41) is 24.0. The Bertz CT molecular complexity index is 1300. The molecule has 0 radical (unpaired) electrons. The molecule has 0 bridgehead atoms. The summed E-state index contributed by atoms with van der Waals surface area (Å²) in [5.74, 6) is -4.52. The number of pyridine rings is 1. The van der Waals surface area contributed by atoms with Gasteiger partial charge in [0.2, 0.25) is 11.5 Å². The van der Waals surface area contributed by atoms with E-state index in [1.165, 1.54) is 30.3 Å². The minimum atomic E-state index is -1.71. The lowest BCUT2D eigenvalue weighted by Gasteiger charge is -2.21. The first-order chi connectivity index (χ1) is 16.1. The molecular weight excluding hydrogens is 466 g/mol. The molecule has 0 saturated heterocycles. The number of nitrogens with one attached hydrogen (secondary N) is 3. The number of benzene rings is 2. The molecule has 1 aromatic heterocycles. The van der Waals surface area contributed by atoms with Crippen LogP contribution in [0.5, 0.6) is 0 Å². The number of carboxylic acid groups (broad SMARTS) is 2. The summed E-state index contributed by atoms with van der Waals surface area (Å²) >= 11 is 5.85. The topological polar surface area (TPSA) is 166 Å². The molecule has 1 heterocycles. The molecule has 0 aliphatic rings. The fourth-order valence-electron chi connectivity index (χ4n) is 3.36. The van der Waals surface area contributed by atoms with Gasteiger partial charge in [0, 0.05) is 34.0 Å². The van der Waals surface area contributed by atoms with Gasteiger partial charge < -0.3 is 25.8 Å². The number of aromatic amines is 1. The lowest BCUT2D eigenvalue weighted by molar-refractivity contribution is -0.147. The molecule has 0 unspecified atom stereocenters. The standard InChI is InChI=1S/C23H20ClN3O7/c24-14-7-5-12(6-8-14)21(31)26-17(22(32)27-18(23(33)34)11-20(29)30)9-13-10-19(28)25-16-4-2-1-3-15(13)16/h1-8,10,17-18H,9,11H2,(H,25,28)(H,26,31)(H,27,32)(H,29,30)(H,33,34)/t17-,18-/m0/s1. The Balaban J connectivity index is 1.94. The summed E-state index contributed by atoms with van der Waals surface area (Å²) in [6.45, 7) is 0. The van der Waals surface area contributed by atoms with Crippen molar-refractivity contribution >= 4 is 46.3 Å². The van der Waals surface area contributed by atoms with Gasteiger partial charge in [-0.3, -0.25) is 19.2 Å². The lowest BCUT2D eigenvalue weighted by atomic mass is 10.00. The van der Waals surface area contributed by atoms with Gasteiger partial charge >= 0.3 is 11.9 Å². The number of fused-ring (bicyclic) bond motifs is 1.